The maximum atomic E-state index is 5.96. The maximum Gasteiger partial charge on any atom is 0.119 e. The number of ether oxygens (including phenoxy) is 1. The van der Waals surface area contributed by atoms with Crippen LogP contribution in [0.3, 0.4) is 0 Å². The molecule has 24 heavy (non-hydrogen) atoms. The van der Waals surface area contributed by atoms with Crippen LogP contribution in [0.4, 0.5) is 0 Å². The van der Waals surface area contributed by atoms with Crippen LogP contribution in [0, 0.1) is 5.92 Å². The highest BCUT2D eigenvalue weighted by Crippen LogP contribution is 2.33. The van der Waals surface area contributed by atoms with Crippen LogP contribution in [0.1, 0.15) is 50.7 Å². The predicted octanol–water partition coefficient (Wildman–Crippen LogP) is 8.04. The molecule has 0 amide bonds. The first-order valence-electron chi connectivity index (χ1n) is 8.48. The second-order valence-electron chi connectivity index (χ2n) is 5.91. The van der Waals surface area contributed by atoms with E-state index in [1.165, 1.54) is 36.8 Å². The number of hydrogen-bond acceptors (Lipinski definition) is 2. The van der Waals surface area contributed by atoms with Crippen molar-refractivity contribution in [3.63, 3.8) is 0 Å². The van der Waals surface area contributed by atoms with Gasteiger partial charge in [0.2, 0.25) is 0 Å². The zero-order valence-electron chi connectivity index (χ0n) is 14.2. The standard InChI is InChI=1S/C20H24Br2OS/c1-3-5-6-15(4-2)14-23-18-11-8-16(9-12-18)7-10-17-13-19(21)24-20(17)22/h7-13,15H,3-6,14H2,1-2H3/b10-7+. The van der Waals surface area contributed by atoms with Gasteiger partial charge in [0.25, 0.3) is 0 Å². The molecule has 0 N–H and O–H groups in total. The van der Waals surface area contributed by atoms with Crippen molar-refractivity contribution in [2.24, 2.45) is 5.92 Å². The number of unbranched alkanes of at least 4 members (excludes halogenated alkanes) is 1. The molecule has 1 aromatic heterocycles. The molecule has 1 unspecified atom stereocenters. The first-order valence-corrected chi connectivity index (χ1v) is 10.9. The van der Waals surface area contributed by atoms with E-state index in [0.29, 0.717) is 5.92 Å². The molecule has 130 valence electrons. The van der Waals surface area contributed by atoms with Crippen molar-refractivity contribution in [1.29, 1.82) is 0 Å². The highest BCUT2D eigenvalue weighted by Gasteiger charge is 2.07. The van der Waals surface area contributed by atoms with Gasteiger partial charge in [-0.05, 0) is 68.0 Å². The lowest BCUT2D eigenvalue weighted by atomic mass is 10.0. The quantitative estimate of drug-likeness (QED) is 0.359. The Morgan fingerprint density at radius 2 is 1.88 bits per heavy atom. The van der Waals surface area contributed by atoms with Crippen molar-refractivity contribution in [2.45, 2.75) is 39.5 Å². The molecule has 0 radical (unpaired) electrons. The third kappa shape index (κ3) is 6.38. The van der Waals surface area contributed by atoms with Gasteiger partial charge in [-0.1, -0.05) is 57.4 Å². The van der Waals surface area contributed by atoms with Crippen molar-refractivity contribution >= 4 is 55.3 Å². The number of rotatable bonds is 9. The van der Waals surface area contributed by atoms with Crippen molar-refractivity contribution in [3.05, 3.63) is 49.0 Å². The van der Waals surface area contributed by atoms with Gasteiger partial charge in [-0.15, -0.1) is 11.3 Å². The summed E-state index contributed by atoms with van der Waals surface area (Å²) >= 11 is 8.77. The molecule has 0 bridgehead atoms. The molecule has 0 fully saturated rings. The first-order chi connectivity index (χ1) is 11.6. The van der Waals surface area contributed by atoms with E-state index in [0.717, 1.165) is 19.9 Å². The molecule has 0 aliphatic heterocycles. The lowest BCUT2D eigenvalue weighted by molar-refractivity contribution is 0.233. The van der Waals surface area contributed by atoms with Crippen molar-refractivity contribution in [3.8, 4) is 5.75 Å². The lowest BCUT2D eigenvalue weighted by Crippen LogP contribution is -2.11. The Morgan fingerprint density at radius 3 is 2.46 bits per heavy atom. The zero-order chi connectivity index (χ0) is 17.4. The van der Waals surface area contributed by atoms with Gasteiger partial charge in [-0.2, -0.15) is 0 Å². The summed E-state index contributed by atoms with van der Waals surface area (Å²) in [5.74, 6) is 1.63. The van der Waals surface area contributed by atoms with Gasteiger partial charge in [0, 0.05) is 5.56 Å². The lowest BCUT2D eigenvalue weighted by Gasteiger charge is -2.15. The van der Waals surface area contributed by atoms with E-state index in [-0.39, 0.29) is 0 Å². The SMILES string of the molecule is CCCCC(CC)COc1ccc(/C=C/c2cc(Br)sc2Br)cc1. The summed E-state index contributed by atoms with van der Waals surface area (Å²) in [6.07, 6.45) is 9.25. The Labute approximate surface area is 166 Å². The fourth-order valence-electron chi connectivity index (χ4n) is 2.44. The van der Waals surface area contributed by atoms with Crippen molar-refractivity contribution in [2.75, 3.05) is 6.61 Å². The van der Waals surface area contributed by atoms with E-state index in [4.69, 9.17) is 4.74 Å². The molecular weight excluding hydrogens is 448 g/mol. The van der Waals surface area contributed by atoms with E-state index >= 15 is 0 Å². The van der Waals surface area contributed by atoms with Crippen LogP contribution in [0.25, 0.3) is 12.2 Å². The number of halogens is 2. The third-order valence-electron chi connectivity index (χ3n) is 4.05. The topological polar surface area (TPSA) is 9.23 Å². The number of thiophene rings is 1. The fourth-order valence-corrected chi connectivity index (χ4v) is 5.20. The van der Waals surface area contributed by atoms with Gasteiger partial charge in [0.05, 0.1) is 14.2 Å². The average Bonchev–Trinajstić information content (AvgIpc) is 2.91. The second kappa shape index (κ2) is 10.4. The van der Waals surface area contributed by atoms with Crippen LogP contribution in [-0.4, -0.2) is 6.61 Å². The van der Waals surface area contributed by atoms with Gasteiger partial charge in [-0.25, -0.2) is 0 Å². The molecule has 0 aliphatic rings. The van der Waals surface area contributed by atoms with Gasteiger partial charge in [0.1, 0.15) is 5.75 Å². The Kier molecular flexibility index (Phi) is 8.57. The molecule has 2 rings (SSSR count). The zero-order valence-corrected chi connectivity index (χ0v) is 18.2. The van der Waals surface area contributed by atoms with E-state index < -0.39 is 0 Å². The largest absolute Gasteiger partial charge is 0.493 e. The smallest absolute Gasteiger partial charge is 0.119 e. The molecule has 0 saturated carbocycles. The summed E-state index contributed by atoms with van der Waals surface area (Å²) < 4.78 is 8.23. The van der Waals surface area contributed by atoms with Gasteiger partial charge in [-0.3, -0.25) is 0 Å². The molecule has 2 aromatic rings. The van der Waals surface area contributed by atoms with E-state index in [1.54, 1.807) is 11.3 Å². The van der Waals surface area contributed by atoms with Gasteiger partial charge in [0.15, 0.2) is 0 Å². The molecule has 4 heteroatoms. The Balaban J connectivity index is 1.89. The van der Waals surface area contributed by atoms with Crippen LogP contribution >= 0.6 is 43.2 Å². The second-order valence-corrected chi connectivity index (χ2v) is 9.66. The molecule has 1 aromatic carbocycles. The van der Waals surface area contributed by atoms with Crippen LogP contribution in [-0.2, 0) is 0 Å². The van der Waals surface area contributed by atoms with E-state index in [9.17, 15) is 0 Å². The molecular formula is C20H24Br2OS. The minimum Gasteiger partial charge on any atom is -0.493 e. The highest BCUT2D eigenvalue weighted by molar-refractivity contribution is 9.12. The molecule has 0 aliphatic carbocycles. The molecule has 0 spiro atoms. The maximum absolute atomic E-state index is 5.96. The third-order valence-corrected chi connectivity index (χ3v) is 6.43. The Hall–Kier alpha value is -0.580. The Bertz CT molecular complexity index is 646. The van der Waals surface area contributed by atoms with E-state index in [2.05, 4.69) is 88.2 Å². The minimum absolute atomic E-state index is 0.666. The summed E-state index contributed by atoms with van der Waals surface area (Å²) in [6, 6.07) is 10.4. The van der Waals surface area contributed by atoms with E-state index in [1.807, 2.05) is 0 Å². The number of benzene rings is 1. The van der Waals surface area contributed by atoms with Crippen LogP contribution in [0.2, 0.25) is 0 Å². The van der Waals surface area contributed by atoms with Gasteiger partial charge >= 0.3 is 0 Å². The van der Waals surface area contributed by atoms with Gasteiger partial charge < -0.3 is 4.74 Å². The summed E-state index contributed by atoms with van der Waals surface area (Å²) in [4.78, 5) is 0. The average molecular weight is 472 g/mol. The minimum atomic E-state index is 0.666. The Morgan fingerprint density at radius 1 is 1.12 bits per heavy atom. The normalized spacial score (nSPS) is 12.7. The molecule has 1 atom stereocenters. The molecule has 1 heterocycles. The predicted molar refractivity (Wildman–Crippen MR) is 114 cm³/mol. The van der Waals surface area contributed by atoms with Crippen molar-refractivity contribution < 1.29 is 4.74 Å². The van der Waals surface area contributed by atoms with Crippen LogP contribution < -0.4 is 4.74 Å². The van der Waals surface area contributed by atoms with Crippen LogP contribution in [0.5, 0.6) is 5.75 Å². The summed E-state index contributed by atoms with van der Waals surface area (Å²) in [7, 11) is 0. The monoisotopic (exact) mass is 470 g/mol. The summed E-state index contributed by atoms with van der Waals surface area (Å²) in [5.41, 5.74) is 2.36. The fraction of sp³-hybridized carbons (Fsp3) is 0.400. The summed E-state index contributed by atoms with van der Waals surface area (Å²) in [6.45, 7) is 5.31. The highest BCUT2D eigenvalue weighted by atomic mass is 79.9. The van der Waals surface area contributed by atoms with Crippen molar-refractivity contribution in [1.82, 2.24) is 0 Å². The van der Waals surface area contributed by atoms with Crippen LogP contribution in [0.15, 0.2) is 37.9 Å². The molecule has 0 saturated heterocycles. The summed E-state index contributed by atoms with van der Waals surface area (Å²) in [5, 5.41) is 0. The number of hydrogen-bond donors (Lipinski definition) is 0. The first kappa shape index (κ1) is 19.7. The molecule has 1 nitrogen and oxygen atoms in total.